The maximum Gasteiger partial charge on any atom is 0.151 e. The molecule has 4 atom stereocenters. The van der Waals surface area contributed by atoms with Gasteiger partial charge in [-0.3, -0.25) is 0 Å². The Bertz CT molecular complexity index is 128. The Morgan fingerprint density at radius 1 is 1.27 bits per heavy atom. The second kappa shape index (κ2) is 4.71. The van der Waals surface area contributed by atoms with Crippen LogP contribution in [-0.2, 0) is 4.79 Å². The van der Waals surface area contributed by atoms with Crippen LogP contribution in [0.5, 0.6) is 0 Å². The molecule has 11 heavy (non-hydrogen) atoms. The van der Waals surface area contributed by atoms with E-state index in [-0.39, 0.29) is 6.29 Å². The van der Waals surface area contributed by atoms with Crippen LogP contribution in [0.4, 0.5) is 0 Å². The van der Waals surface area contributed by atoms with Gasteiger partial charge in [-0.15, -0.1) is 0 Å². The molecular formula is C6H12O4S. The second-order valence-electron chi connectivity index (χ2n) is 2.35. The van der Waals surface area contributed by atoms with Crippen LogP contribution in [0, 0.1) is 0 Å². The maximum atomic E-state index is 9.93. The number of aliphatic hydroxyl groups excluding tert-OH is 3. The molecule has 0 fully saturated rings. The Balaban J connectivity index is 4.00. The molecule has 0 spiro atoms. The van der Waals surface area contributed by atoms with E-state index in [4.69, 9.17) is 15.3 Å². The van der Waals surface area contributed by atoms with E-state index >= 15 is 0 Å². The van der Waals surface area contributed by atoms with Crippen molar-refractivity contribution in [2.24, 2.45) is 0 Å². The maximum absolute atomic E-state index is 9.93. The first-order chi connectivity index (χ1) is 5.00. The highest BCUT2D eigenvalue weighted by Crippen LogP contribution is 2.07. The predicted octanol–water partition coefficient (Wildman–Crippen LogP) is -1.41. The first-order valence-corrected chi connectivity index (χ1v) is 3.70. The van der Waals surface area contributed by atoms with Gasteiger partial charge in [0.05, 0.1) is 6.10 Å². The molecule has 0 aliphatic carbocycles. The number of hydrogen-bond donors (Lipinski definition) is 4. The number of carbonyl (C=O) groups is 1. The lowest BCUT2D eigenvalue weighted by Gasteiger charge is -2.21. The van der Waals surface area contributed by atoms with E-state index in [1.54, 1.807) is 6.92 Å². The number of carbonyl (C=O) groups excluding carboxylic acids is 1. The number of thiol groups is 1. The summed E-state index contributed by atoms with van der Waals surface area (Å²) in [6, 6.07) is 0. The molecule has 0 unspecified atom stereocenters. The topological polar surface area (TPSA) is 77.8 Å². The average Bonchev–Trinajstić information content (AvgIpc) is 2.00. The summed E-state index contributed by atoms with van der Waals surface area (Å²) in [4.78, 5) is 9.93. The van der Waals surface area contributed by atoms with Gasteiger partial charge in [-0.25, -0.2) is 0 Å². The molecule has 0 aromatic carbocycles. The Kier molecular flexibility index (Phi) is 4.67. The highest BCUT2D eigenvalue weighted by Gasteiger charge is 2.26. The normalized spacial score (nSPS) is 21.9. The van der Waals surface area contributed by atoms with Crippen molar-refractivity contribution in [1.29, 1.82) is 0 Å². The van der Waals surface area contributed by atoms with Gasteiger partial charge in [0.2, 0.25) is 0 Å². The molecule has 4 nitrogen and oxygen atoms in total. The second-order valence-corrected chi connectivity index (χ2v) is 3.16. The van der Waals surface area contributed by atoms with E-state index < -0.39 is 23.6 Å². The Morgan fingerprint density at radius 3 is 2.00 bits per heavy atom. The van der Waals surface area contributed by atoms with E-state index in [0.717, 1.165) is 0 Å². The van der Waals surface area contributed by atoms with Crippen molar-refractivity contribution in [3.05, 3.63) is 0 Å². The molecule has 0 aliphatic heterocycles. The first-order valence-electron chi connectivity index (χ1n) is 3.18. The zero-order valence-corrected chi connectivity index (χ0v) is 6.98. The fourth-order valence-corrected chi connectivity index (χ4v) is 0.744. The highest BCUT2D eigenvalue weighted by molar-refractivity contribution is 7.81. The minimum absolute atomic E-state index is 0.171. The molecule has 66 valence electrons. The smallest absolute Gasteiger partial charge is 0.151 e. The summed E-state index contributed by atoms with van der Waals surface area (Å²) in [6.07, 6.45) is -4.03. The third-order valence-corrected chi connectivity index (χ3v) is 1.64. The monoisotopic (exact) mass is 180 g/mol. The van der Waals surface area contributed by atoms with Crippen LogP contribution in [0.15, 0.2) is 0 Å². The van der Waals surface area contributed by atoms with Crippen molar-refractivity contribution >= 4 is 18.9 Å². The molecule has 0 heterocycles. The molecule has 0 aromatic rings. The molecule has 0 amide bonds. The molecule has 0 saturated heterocycles. The van der Waals surface area contributed by atoms with E-state index in [0.29, 0.717) is 0 Å². The predicted molar refractivity (Wildman–Crippen MR) is 42.5 cm³/mol. The van der Waals surface area contributed by atoms with Gasteiger partial charge in [-0.05, 0) is 0 Å². The van der Waals surface area contributed by atoms with Crippen LogP contribution in [0.25, 0.3) is 0 Å². The van der Waals surface area contributed by atoms with Crippen molar-refractivity contribution in [3.63, 3.8) is 0 Å². The Labute approximate surface area is 70.3 Å². The van der Waals surface area contributed by atoms with Crippen LogP contribution in [0.3, 0.4) is 0 Å². The minimum atomic E-state index is -1.54. The van der Waals surface area contributed by atoms with Gasteiger partial charge >= 0.3 is 0 Å². The van der Waals surface area contributed by atoms with Crippen LogP contribution < -0.4 is 0 Å². The van der Waals surface area contributed by atoms with Gasteiger partial charge < -0.3 is 20.1 Å². The summed E-state index contributed by atoms with van der Waals surface area (Å²) in [6.45, 7) is 1.55. The Hall–Kier alpha value is -0.100. The van der Waals surface area contributed by atoms with Crippen molar-refractivity contribution in [2.45, 2.75) is 30.5 Å². The quantitative estimate of drug-likeness (QED) is 0.316. The van der Waals surface area contributed by atoms with Crippen LogP contribution in [0.1, 0.15) is 6.92 Å². The van der Waals surface area contributed by atoms with E-state index in [1.807, 2.05) is 0 Å². The molecule has 0 saturated carbocycles. The molecule has 3 N–H and O–H groups in total. The molecule has 0 aliphatic rings. The molecule has 0 aromatic heterocycles. The van der Waals surface area contributed by atoms with Gasteiger partial charge in [-0.2, -0.15) is 12.6 Å². The van der Waals surface area contributed by atoms with Crippen molar-refractivity contribution in [1.82, 2.24) is 0 Å². The van der Waals surface area contributed by atoms with Gasteiger partial charge in [0.25, 0.3) is 0 Å². The standard InChI is InChI=1S/C6H12O4S/c1-3(11)5(9)6(10)4(8)2-7/h2-6,8-11H,1H3/t3-,4+,5-,6-/m1/s1. The lowest BCUT2D eigenvalue weighted by molar-refractivity contribution is -0.125. The van der Waals surface area contributed by atoms with Crippen molar-refractivity contribution in [3.8, 4) is 0 Å². The molecule has 0 radical (unpaired) electrons. The minimum Gasteiger partial charge on any atom is -0.389 e. The average molecular weight is 180 g/mol. The number of aldehydes is 1. The summed E-state index contributed by atoms with van der Waals surface area (Å²) < 4.78 is 0. The summed E-state index contributed by atoms with van der Waals surface area (Å²) in [5.74, 6) is 0. The third kappa shape index (κ3) is 3.20. The zero-order chi connectivity index (χ0) is 9.02. The van der Waals surface area contributed by atoms with Crippen molar-refractivity contribution < 1.29 is 20.1 Å². The fraction of sp³-hybridized carbons (Fsp3) is 0.833. The third-order valence-electron chi connectivity index (χ3n) is 1.33. The zero-order valence-electron chi connectivity index (χ0n) is 6.08. The lowest BCUT2D eigenvalue weighted by Crippen LogP contribution is -2.42. The highest BCUT2D eigenvalue weighted by atomic mass is 32.1. The largest absolute Gasteiger partial charge is 0.389 e. The number of aliphatic hydroxyl groups is 3. The van der Waals surface area contributed by atoms with E-state index in [1.165, 1.54) is 0 Å². The SMILES string of the molecule is C[C@@H](S)[C@@H](O)[C@H](O)[C@@H](O)C=O. The molecule has 0 bridgehead atoms. The fourth-order valence-electron chi connectivity index (χ4n) is 0.568. The van der Waals surface area contributed by atoms with Gasteiger partial charge in [0.1, 0.15) is 12.2 Å². The number of rotatable bonds is 4. The summed E-state index contributed by atoms with van der Waals surface area (Å²) in [5, 5.41) is 26.3. The van der Waals surface area contributed by atoms with Crippen LogP contribution >= 0.6 is 12.6 Å². The molecular weight excluding hydrogens is 168 g/mol. The lowest BCUT2D eigenvalue weighted by atomic mass is 10.1. The summed E-state index contributed by atoms with van der Waals surface area (Å²) >= 11 is 3.83. The van der Waals surface area contributed by atoms with Gasteiger partial charge in [0, 0.05) is 5.25 Å². The van der Waals surface area contributed by atoms with Crippen molar-refractivity contribution in [2.75, 3.05) is 0 Å². The van der Waals surface area contributed by atoms with E-state index in [2.05, 4.69) is 12.6 Å². The first kappa shape index (κ1) is 10.9. The van der Waals surface area contributed by atoms with Crippen LogP contribution in [-0.4, -0.2) is 45.2 Å². The van der Waals surface area contributed by atoms with E-state index in [9.17, 15) is 4.79 Å². The summed E-state index contributed by atoms with van der Waals surface area (Å²) in [5.41, 5.74) is 0. The molecule has 0 rings (SSSR count). The summed E-state index contributed by atoms with van der Waals surface area (Å²) in [7, 11) is 0. The molecule has 5 heteroatoms. The van der Waals surface area contributed by atoms with Crippen LogP contribution in [0.2, 0.25) is 0 Å². The Morgan fingerprint density at radius 2 is 1.73 bits per heavy atom. The van der Waals surface area contributed by atoms with Gasteiger partial charge in [0.15, 0.2) is 6.29 Å². The number of hydrogen-bond acceptors (Lipinski definition) is 5. The van der Waals surface area contributed by atoms with Gasteiger partial charge in [-0.1, -0.05) is 6.92 Å².